The number of carbonyl (C=O) groups is 2. The molecule has 0 aliphatic carbocycles. The van der Waals surface area contributed by atoms with Gasteiger partial charge in [-0.1, -0.05) is 38.5 Å². The number of fused-ring (bicyclic) bond motifs is 2. The Hall–Kier alpha value is -1.92. The molecule has 3 aliphatic heterocycles. The molecule has 0 N–H and O–H groups in total. The lowest BCUT2D eigenvalue weighted by Crippen LogP contribution is -2.56. The number of amides is 2. The topological polar surface area (TPSA) is 53.1 Å². The largest absolute Gasteiger partial charge is 0.383 e. The van der Waals surface area contributed by atoms with Gasteiger partial charge in [0, 0.05) is 38.3 Å². The number of nitrogens with zero attached hydrogens (tertiary/aromatic N) is 3. The van der Waals surface area contributed by atoms with Gasteiger partial charge in [0.05, 0.1) is 6.61 Å². The summed E-state index contributed by atoms with van der Waals surface area (Å²) in [6.07, 6.45) is 6.21. The van der Waals surface area contributed by atoms with E-state index < -0.39 is 6.04 Å². The fourth-order valence-electron chi connectivity index (χ4n) is 6.03. The molecule has 6 heteroatoms. The van der Waals surface area contributed by atoms with E-state index in [2.05, 4.69) is 18.7 Å². The number of hydrogen-bond donors (Lipinski definition) is 0. The Labute approximate surface area is 192 Å². The molecule has 0 radical (unpaired) electrons. The van der Waals surface area contributed by atoms with Crippen molar-refractivity contribution in [2.75, 3.05) is 39.9 Å². The van der Waals surface area contributed by atoms with Crippen LogP contribution in [0.2, 0.25) is 0 Å². The molecule has 1 aromatic carbocycles. The van der Waals surface area contributed by atoms with E-state index in [1.807, 2.05) is 29.2 Å². The van der Waals surface area contributed by atoms with Crippen LogP contribution in [0.5, 0.6) is 0 Å². The van der Waals surface area contributed by atoms with Crippen molar-refractivity contribution in [2.45, 2.75) is 64.6 Å². The highest BCUT2D eigenvalue weighted by molar-refractivity contribution is 6.01. The van der Waals surface area contributed by atoms with E-state index in [4.69, 9.17) is 4.74 Å². The third kappa shape index (κ3) is 4.72. The predicted octanol–water partition coefficient (Wildman–Crippen LogP) is 3.41. The van der Waals surface area contributed by atoms with Crippen LogP contribution in [0.1, 0.15) is 61.9 Å². The molecule has 3 heterocycles. The summed E-state index contributed by atoms with van der Waals surface area (Å²) in [5.74, 6) is 0.606. The van der Waals surface area contributed by atoms with Crippen LogP contribution in [0.25, 0.3) is 0 Å². The minimum atomic E-state index is -0.446. The molecule has 2 amide bonds. The molecule has 176 valence electrons. The van der Waals surface area contributed by atoms with E-state index in [9.17, 15) is 9.59 Å². The quantitative estimate of drug-likeness (QED) is 0.620. The molecular formula is C26H39N3O3. The normalized spacial score (nSPS) is 24.4. The summed E-state index contributed by atoms with van der Waals surface area (Å²) in [4.78, 5) is 33.6. The lowest BCUT2D eigenvalue weighted by atomic mass is 9.83. The van der Waals surface area contributed by atoms with Crippen molar-refractivity contribution in [1.82, 2.24) is 14.7 Å². The van der Waals surface area contributed by atoms with Gasteiger partial charge in [-0.25, -0.2) is 0 Å². The zero-order valence-corrected chi connectivity index (χ0v) is 20.0. The van der Waals surface area contributed by atoms with Crippen LogP contribution >= 0.6 is 0 Å². The summed E-state index contributed by atoms with van der Waals surface area (Å²) in [5.41, 5.74) is 1.75. The Morgan fingerprint density at radius 1 is 1.16 bits per heavy atom. The predicted molar refractivity (Wildman–Crippen MR) is 125 cm³/mol. The van der Waals surface area contributed by atoms with Gasteiger partial charge >= 0.3 is 0 Å². The number of ether oxygens (including phenoxy) is 1. The molecule has 4 rings (SSSR count). The number of piperidine rings is 2. The smallest absolute Gasteiger partial charge is 0.255 e. The highest BCUT2D eigenvalue weighted by atomic mass is 16.5. The van der Waals surface area contributed by atoms with Gasteiger partial charge in [-0.3, -0.25) is 9.59 Å². The third-order valence-corrected chi connectivity index (χ3v) is 7.63. The summed E-state index contributed by atoms with van der Waals surface area (Å²) >= 11 is 0. The van der Waals surface area contributed by atoms with Crippen LogP contribution < -0.4 is 0 Å². The zero-order chi connectivity index (χ0) is 22.7. The van der Waals surface area contributed by atoms with Crippen LogP contribution in [0.15, 0.2) is 24.3 Å². The van der Waals surface area contributed by atoms with Crippen molar-refractivity contribution in [3.8, 4) is 0 Å². The van der Waals surface area contributed by atoms with Crippen molar-refractivity contribution < 1.29 is 14.3 Å². The van der Waals surface area contributed by atoms with Gasteiger partial charge in [-0.15, -0.1) is 0 Å². The second-order valence-electron chi connectivity index (χ2n) is 10.1. The molecule has 1 aromatic rings. The Morgan fingerprint density at radius 3 is 2.69 bits per heavy atom. The molecule has 3 aliphatic rings. The van der Waals surface area contributed by atoms with E-state index in [-0.39, 0.29) is 17.7 Å². The molecule has 0 saturated carbocycles. The molecule has 2 saturated heterocycles. The number of methoxy groups -OCH3 is 1. The Bertz CT molecular complexity index is 809. The number of rotatable bonds is 8. The van der Waals surface area contributed by atoms with E-state index in [0.717, 1.165) is 17.7 Å². The molecule has 3 atom stereocenters. The molecule has 6 nitrogen and oxygen atoms in total. The number of carbonyl (C=O) groups excluding carboxylic acids is 2. The Kier molecular flexibility index (Phi) is 7.51. The average molecular weight is 442 g/mol. The van der Waals surface area contributed by atoms with Gasteiger partial charge < -0.3 is 19.4 Å². The summed E-state index contributed by atoms with van der Waals surface area (Å²) in [5, 5.41) is 0. The fraction of sp³-hybridized carbons (Fsp3) is 0.692. The summed E-state index contributed by atoms with van der Waals surface area (Å²) < 4.78 is 5.37. The Morgan fingerprint density at radius 2 is 1.94 bits per heavy atom. The van der Waals surface area contributed by atoms with Crippen molar-refractivity contribution in [3.63, 3.8) is 0 Å². The molecular weight excluding hydrogens is 402 g/mol. The van der Waals surface area contributed by atoms with Crippen molar-refractivity contribution in [3.05, 3.63) is 35.4 Å². The number of hydrogen-bond acceptors (Lipinski definition) is 4. The van der Waals surface area contributed by atoms with E-state index in [1.54, 1.807) is 12.0 Å². The van der Waals surface area contributed by atoms with E-state index >= 15 is 0 Å². The van der Waals surface area contributed by atoms with Gasteiger partial charge in [0.1, 0.15) is 6.04 Å². The minimum absolute atomic E-state index is 0.0181. The maximum atomic E-state index is 14.0. The molecule has 0 bridgehead atoms. The zero-order valence-electron chi connectivity index (χ0n) is 20.0. The van der Waals surface area contributed by atoms with Gasteiger partial charge in [0.25, 0.3) is 5.91 Å². The summed E-state index contributed by atoms with van der Waals surface area (Å²) in [6.45, 7) is 8.88. The van der Waals surface area contributed by atoms with Crippen LogP contribution in [-0.4, -0.2) is 78.5 Å². The lowest BCUT2D eigenvalue weighted by molar-refractivity contribution is -0.140. The molecule has 0 aromatic heterocycles. The van der Waals surface area contributed by atoms with Gasteiger partial charge in [0.15, 0.2) is 0 Å². The van der Waals surface area contributed by atoms with Crippen LogP contribution in [0.3, 0.4) is 0 Å². The standard InChI is InChI=1S/C26H39N3O3/c1-19(2)24(29-18-20-9-4-5-11-22(20)25(29)30)26(31)28(15-16-32-3)17-21-10-8-14-27-13-7-6-12-23(21)27/h4-5,9,11,19,21,23-24H,6-8,10,12-18H2,1-3H3/t21-,23-,24-/m0/s1. The summed E-state index contributed by atoms with van der Waals surface area (Å²) in [6, 6.07) is 7.88. The van der Waals surface area contributed by atoms with Crippen molar-refractivity contribution in [2.24, 2.45) is 11.8 Å². The van der Waals surface area contributed by atoms with E-state index in [1.165, 1.54) is 45.2 Å². The SMILES string of the molecule is COCCN(C[C@@H]1CCCN2CCCC[C@@H]12)C(=O)[C@H](C(C)C)N1Cc2ccccc2C1=O. The maximum Gasteiger partial charge on any atom is 0.255 e. The first-order chi connectivity index (χ1) is 15.5. The minimum Gasteiger partial charge on any atom is -0.383 e. The first-order valence-electron chi connectivity index (χ1n) is 12.4. The number of benzene rings is 1. The van der Waals surface area contributed by atoms with Gasteiger partial charge in [-0.05, 0) is 62.2 Å². The van der Waals surface area contributed by atoms with Crippen LogP contribution in [0, 0.1) is 11.8 Å². The Balaban J connectivity index is 1.53. The molecule has 32 heavy (non-hydrogen) atoms. The lowest BCUT2D eigenvalue weighted by Gasteiger charge is -2.46. The van der Waals surface area contributed by atoms with Gasteiger partial charge in [0.2, 0.25) is 5.91 Å². The second kappa shape index (κ2) is 10.3. The van der Waals surface area contributed by atoms with E-state index in [0.29, 0.717) is 31.7 Å². The van der Waals surface area contributed by atoms with Crippen LogP contribution in [0.4, 0.5) is 0 Å². The third-order valence-electron chi connectivity index (χ3n) is 7.63. The first-order valence-corrected chi connectivity index (χ1v) is 12.4. The molecule has 2 fully saturated rings. The molecule has 0 unspecified atom stereocenters. The van der Waals surface area contributed by atoms with Crippen molar-refractivity contribution >= 4 is 11.8 Å². The first kappa shape index (κ1) is 23.2. The van der Waals surface area contributed by atoms with Crippen molar-refractivity contribution in [1.29, 1.82) is 0 Å². The molecule has 0 spiro atoms. The highest BCUT2D eigenvalue weighted by Crippen LogP contribution is 2.33. The summed E-state index contributed by atoms with van der Waals surface area (Å²) in [7, 11) is 1.69. The average Bonchev–Trinajstić information content (AvgIpc) is 3.12. The van der Waals surface area contributed by atoms with Crippen LogP contribution in [-0.2, 0) is 16.1 Å². The second-order valence-corrected chi connectivity index (χ2v) is 10.1. The van der Waals surface area contributed by atoms with Gasteiger partial charge in [-0.2, -0.15) is 0 Å². The highest BCUT2D eigenvalue weighted by Gasteiger charge is 2.41. The fourth-order valence-corrected chi connectivity index (χ4v) is 6.03. The maximum absolute atomic E-state index is 14.0. The monoisotopic (exact) mass is 441 g/mol.